The van der Waals surface area contributed by atoms with Gasteiger partial charge in [-0.2, -0.15) is 0 Å². The third kappa shape index (κ3) is 3.42. The van der Waals surface area contributed by atoms with Gasteiger partial charge in [0.1, 0.15) is 0 Å². The number of piperazine rings is 1. The van der Waals surface area contributed by atoms with Crippen molar-refractivity contribution in [3.05, 3.63) is 60.4 Å². The van der Waals surface area contributed by atoms with Crippen LogP contribution in [-0.4, -0.2) is 35.5 Å². The Bertz CT molecular complexity index is 466. The lowest BCUT2D eigenvalue weighted by Gasteiger charge is -2.43. The number of hydrogen-bond acceptors (Lipinski definition) is 3. The average molecular weight is 271 g/mol. The highest BCUT2D eigenvalue weighted by molar-refractivity contribution is 5.22. The predicted octanol–water partition coefficient (Wildman–Crippen LogP) is 2.57. The van der Waals surface area contributed by atoms with E-state index in [1.54, 1.807) is 0 Å². The van der Waals surface area contributed by atoms with Crippen LogP contribution in [0.3, 0.4) is 0 Å². The van der Waals surface area contributed by atoms with Crippen LogP contribution in [-0.2, 0) is 6.54 Å². The summed E-state index contributed by atoms with van der Waals surface area (Å²) in [6.07, 6.45) is 1.09. The lowest BCUT2D eigenvalue weighted by atomic mass is 10.1. The molecule has 2 rings (SSSR count). The van der Waals surface area contributed by atoms with Crippen LogP contribution >= 0.6 is 0 Å². The fourth-order valence-electron chi connectivity index (χ4n) is 2.79. The Morgan fingerprint density at radius 3 is 2.55 bits per heavy atom. The minimum atomic E-state index is 0.472. The fraction of sp³-hybridized carbons (Fsp3) is 0.412. The van der Waals surface area contributed by atoms with Gasteiger partial charge in [0, 0.05) is 37.9 Å². The summed E-state index contributed by atoms with van der Waals surface area (Å²) in [6.45, 7) is 14.2. The quantitative estimate of drug-likeness (QED) is 0.835. The normalized spacial score (nSPS) is 19.9. The lowest BCUT2D eigenvalue weighted by molar-refractivity contribution is 0.0959. The summed E-state index contributed by atoms with van der Waals surface area (Å²) in [7, 11) is 0. The maximum atomic E-state index is 5.79. The van der Waals surface area contributed by atoms with E-state index >= 15 is 0 Å². The fourth-order valence-corrected chi connectivity index (χ4v) is 2.79. The van der Waals surface area contributed by atoms with Crippen LogP contribution in [0.25, 0.3) is 0 Å². The van der Waals surface area contributed by atoms with Gasteiger partial charge in [-0.3, -0.25) is 4.90 Å². The highest BCUT2D eigenvalue weighted by Gasteiger charge is 2.26. The maximum absolute atomic E-state index is 5.79. The monoisotopic (exact) mass is 271 g/mol. The molecule has 1 fully saturated rings. The van der Waals surface area contributed by atoms with Crippen LogP contribution in [0.2, 0.25) is 0 Å². The van der Waals surface area contributed by atoms with E-state index in [2.05, 4.69) is 60.2 Å². The number of nitrogens with zero attached hydrogens (tertiary/aromatic N) is 2. The third-order valence-electron chi connectivity index (χ3n) is 4.00. The van der Waals surface area contributed by atoms with Crippen LogP contribution < -0.4 is 5.73 Å². The van der Waals surface area contributed by atoms with Gasteiger partial charge in [-0.15, -0.1) is 0 Å². The number of nitrogens with two attached hydrogens (primary N) is 1. The molecule has 1 unspecified atom stereocenters. The predicted molar refractivity (Wildman–Crippen MR) is 85.0 cm³/mol. The zero-order chi connectivity index (χ0) is 14.5. The van der Waals surface area contributed by atoms with Crippen LogP contribution in [0.15, 0.2) is 54.9 Å². The van der Waals surface area contributed by atoms with E-state index in [1.165, 1.54) is 5.56 Å². The molecule has 0 bridgehead atoms. The Kier molecular flexibility index (Phi) is 4.85. The maximum Gasteiger partial charge on any atom is 0.0524 e. The second-order valence-corrected chi connectivity index (χ2v) is 5.45. The van der Waals surface area contributed by atoms with Crippen molar-refractivity contribution in [1.82, 2.24) is 9.80 Å². The Balaban J connectivity index is 1.98. The van der Waals surface area contributed by atoms with Gasteiger partial charge in [-0.1, -0.05) is 50.4 Å². The zero-order valence-corrected chi connectivity index (χ0v) is 12.4. The standard InChI is InChI=1S/C17H25N3/c1-4-17-13-19(12-16-8-6-5-7-9-16)10-11-20(17)15(3)14(2)18/h5-9,17H,2-4,10-13,18H2,1H3. The van der Waals surface area contributed by atoms with Crippen molar-refractivity contribution in [1.29, 1.82) is 0 Å². The SMILES string of the molecule is C=C(N)C(=C)N1CCN(Cc2ccccc2)CC1CC. The molecule has 0 aromatic heterocycles. The van der Waals surface area contributed by atoms with Gasteiger partial charge in [-0.05, 0) is 12.0 Å². The smallest absolute Gasteiger partial charge is 0.0524 e. The molecule has 1 aliphatic heterocycles. The molecule has 3 nitrogen and oxygen atoms in total. The highest BCUT2D eigenvalue weighted by atomic mass is 15.3. The summed E-state index contributed by atoms with van der Waals surface area (Å²) in [4.78, 5) is 4.82. The molecule has 3 heteroatoms. The summed E-state index contributed by atoms with van der Waals surface area (Å²) < 4.78 is 0. The van der Waals surface area contributed by atoms with E-state index in [4.69, 9.17) is 5.73 Å². The number of hydrogen-bond donors (Lipinski definition) is 1. The second-order valence-electron chi connectivity index (χ2n) is 5.45. The molecule has 0 spiro atoms. The van der Waals surface area contributed by atoms with Crippen molar-refractivity contribution in [3.63, 3.8) is 0 Å². The minimum absolute atomic E-state index is 0.472. The molecule has 1 aromatic rings. The van der Waals surface area contributed by atoms with Gasteiger partial charge in [0.05, 0.1) is 5.70 Å². The molecule has 2 N–H and O–H groups in total. The number of benzene rings is 1. The summed E-state index contributed by atoms with van der Waals surface area (Å²) in [5.41, 5.74) is 8.63. The first-order valence-electron chi connectivity index (χ1n) is 7.28. The van der Waals surface area contributed by atoms with Gasteiger partial charge >= 0.3 is 0 Å². The van der Waals surface area contributed by atoms with Gasteiger partial charge in [0.15, 0.2) is 0 Å². The molecule has 0 aliphatic carbocycles. The van der Waals surface area contributed by atoms with Crippen molar-refractivity contribution in [2.75, 3.05) is 19.6 Å². The van der Waals surface area contributed by atoms with E-state index in [1.807, 2.05) is 0 Å². The first-order valence-corrected chi connectivity index (χ1v) is 7.28. The molecule has 0 saturated carbocycles. The summed E-state index contributed by atoms with van der Waals surface area (Å²) in [5.74, 6) is 0. The molecule has 1 saturated heterocycles. The first-order chi connectivity index (χ1) is 9.61. The highest BCUT2D eigenvalue weighted by Crippen LogP contribution is 2.20. The van der Waals surface area contributed by atoms with Crippen molar-refractivity contribution in [3.8, 4) is 0 Å². The van der Waals surface area contributed by atoms with E-state index in [9.17, 15) is 0 Å². The zero-order valence-electron chi connectivity index (χ0n) is 12.4. The summed E-state index contributed by atoms with van der Waals surface area (Å²) in [5, 5.41) is 0. The topological polar surface area (TPSA) is 32.5 Å². The van der Waals surface area contributed by atoms with Crippen molar-refractivity contribution in [2.24, 2.45) is 5.73 Å². The molecule has 20 heavy (non-hydrogen) atoms. The molecule has 1 heterocycles. The average Bonchev–Trinajstić information content (AvgIpc) is 2.47. The van der Waals surface area contributed by atoms with Gasteiger partial charge in [-0.25, -0.2) is 0 Å². The van der Waals surface area contributed by atoms with Crippen molar-refractivity contribution >= 4 is 0 Å². The van der Waals surface area contributed by atoms with E-state index in [0.717, 1.165) is 38.3 Å². The second kappa shape index (κ2) is 6.62. The van der Waals surface area contributed by atoms with Gasteiger partial charge in [0.2, 0.25) is 0 Å². The summed E-state index contributed by atoms with van der Waals surface area (Å²) in [6, 6.07) is 11.1. The largest absolute Gasteiger partial charge is 0.398 e. The van der Waals surface area contributed by atoms with Crippen molar-refractivity contribution < 1.29 is 0 Å². The van der Waals surface area contributed by atoms with E-state index < -0.39 is 0 Å². The Morgan fingerprint density at radius 2 is 1.95 bits per heavy atom. The minimum Gasteiger partial charge on any atom is -0.398 e. The van der Waals surface area contributed by atoms with Crippen LogP contribution in [0, 0.1) is 0 Å². The molecule has 1 aliphatic rings. The first kappa shape index (κ1) is 14.7. The molecule has 0 amide bonds. The molecular formula is C17H25N3. The van der Waals surface area contributed by atoms with Gasteiger partial charge < -0.3 is 10.6 Å². The third-order valence-corrected chi connectivity index (χ3v) is 4.00. The number of rotatable bonds is 5. The molecule has 108 valence electrons. The molecule has 1 aromatic carbocycles. The Labute approximate surface area is 122 Å². The molecular weight excluding hydrogens is 246 g/mol. The van der Waals surface area contributed by atoms with Crippen LogP contribution in [0.5, 0.6) is 0 Å². The summed E-state index contributed by atoms with van der Waals surface area (Å²) >= 11 is 0. The van der Waals surface area contributed by atoms with Crippen molar-refractivity contribution in [2.45, 2.75) is 25.9 Å². The van der Waals surface area contributed by atoms with Crippen LogP contribution in [0.4, 0.5) is 0 Å². The van der Waals surface area contributed by atoms with E-state index in [0.29, 0.717) is 11.7 Å². The van der Waals surface area contributed by atoms with Gasteiger partial charge in [0.25, 0.3) is 0 Å². The Hall–Kier alpha value is -1.74. The molecule has 0 radical (unpaired) electrons. The lowest BCUT2D eigenvalue weighted by Crippen LogP contribution is -2.52. The Morgan fingerprint density at radius 1 is 1.25 bits per heavy atom. The van der Waals surface area contributed by atoms with E-state index in [-0.39, 0.29) is 0 Å². The molecule has 1 atom stereocenters. The van der Waals surface area contributed by atoms with Crippen LogP contribution in [0.1, 0.15) is 18.9 Å².